The van der Waals surface area contributed by atoms with Crippen molar-refractivity contribution in [2.75, 3.05) is 26.2 Å². The number of sulfonamides is 1. The molecule has 0 spiro atoms. The SMILES string of the molecule is Cc1ccc(CN2CCN(S(=O)(=O)c3cccc4nsnc34)CC2)cc1.Cl. The Kier molecular flexibility index (Phi) is 6.12. The van der Waals surface area contributed by atoms with Gasteiger partial charge in [0.15, 0.2) is 0 Å². The molecule has 0 bridgehead atoms. The lowest BCUT2D eigenvalue weighted by molar-refractivity contribution is 0.181. The Balaban J connectivity index is 0.00000210. The molecule has 4 rings (SSSR count). The third kappa shape index (κ3) is 4.14. The fourth-order valence-corrected chi connectivity index (χ4v) is 5.38. The van der Waals surface area contributed by atoms with Gasteiger partial charge in [-0.3, -0.25) is 4.90 Å². The first kappa shape index (κ1) is 20.2. The second-order valence-corrected chi connectivity index (χ2v) is 8.99. The molecule has 0 saturated carbocycles. The lowest BCUT2D eigenvalue weighted by atomic mass is 10.1. The van der Waals surface area contributed by atoms with Gasteiger partial charge in [0.25, 0.3) is 0 Å². The maximum atomic E-state index is 13.0. The molecule has 144 valence electrons. The third-order valence-corrected chi connectivity index (χ3v) is 7.20. The van der Waals surface area contributed by atoms with Crippen molar-refractivity contribution in [3.63, 3.8) is 0 Å². The zero-order valence-corrected chi connectivity index (χ0v) is 17.4. The summed E-state index contributed by atoms with van der Waals surface area (Å²) in [6.07, 6.45) is 0. The van der Waals surface area contributed by atoms with Crippen molar-refractivity contribution in [1.82, 2.24) is 18.0 Å². The molecule has 1 fully saturated rings. The first-order valence-electron chi connectivity index (χ1n) is 8.53. The lowest BCUT2D eigenvalue weighted by Crippen LogP contribution is -2.48. The molecule has 2 aromatic carbocycles. The van der Waals surface area contributed by atoms with Crippen LogP contribution in [-0.4, -0.2) is 52.5 Å². The number of fused-ring (bicyclic) bond motifs is 1. The maximum Gasteiger partial charge on any atom is 0.245 e. The van der Waals surface area contributed by atoms with E-state index in [-0.39, 0.29) is 17.3 Å². The maximum absolute atomic E-state index is 13.0. The van der Waals surface area contributed by atoms with Crippen LogP contribution in [0.4, 0.5) is 0 Å². The molecule has 2 heterocycles. The molecule has 1 aliphatic rings. The van der Waals surface area contributed by atoms with E-state index in [1.807, 2.05) is 0 Å². The van der Waals surface area contributed by atoms with Crippen LogP contribution in [0.2, 0.25) is 0 Å². The summed E-state index contributed by atoms with van der Waals surface area (Å²) in [6.45, 7) is 5.34. The van der Waals surface area contributed by atoms with Gasteiger partial charge in [-0.15, -0.1) is 12.4 Å². The summed E-state index contributed by atoms with van der Waals surface area (Å²) in [5.41, 5.74) is 3.61. The Morgan fingerprint density at radius 3 is 2.41 bits per heavy atom. The standard InChI is InChI=1S/C18H20N4O2S2.ClH/c1-14-5-7-15(8-6-14)13-21-9-11-22(12-10-21)26(23,24)17-4-2-3-16-18(17)20-25-19-16;/h2-8H,9-13H2,1H3;1H. The molecule has 6 nitrogen and oxygen atoms in total. The molecule has 27 heavy (non-hydrogen) atoms. The predicted octanol–water partition coefficient (Wildman–Crippen LogP) is 2.93. The van der Waals surface area contributed by atoms with Crippen molar-refractivity contribution < 1.29 is 8.42 Å². The van der Waals surface area contributed by atoms with Crippen molar-refractivity contribution in [2.24, 2.45) is 0 Å². The topological polar surface area (TPSA) is 66.4 Å². The number of benzene rings is 2. The highest BCUT2D eigenvalue weighted by Crippen LogP contribution is 2.25. The van der Waals surface area contributed by atoms with Crippen LogP contribution in [0.15, 0.2) is 47.4 Å². The van der Waals surface area contributed by atoms with Crippen molar-refractivity contribution in [1.29, 1.82) is 0 Å². The van der Waals surface area contributed by atoms with E-state index in [4.69, 9.17) is 0 Å². The Morgan fingerprint density at radius 2 is 1.70 bits per heavy atom. The fourth-order valence-electron chi connectivity index (χ4n) is 3.21. The molecule has 0 aliphatic carbocycles. The second kappa shape index (κ2) is 8.20. The van der Waals surface area contributed by atoms with Crippen LogP contribution in [0.25, 0.3) is 11.0 Å². The number of aryl methyl sites for hydroxylation is 1. The highest BCUT2D eigenvalue weighted by Gasteiger charge is 2.30. The summed E-state index contributed by atoms with van der Waals surface area (Å²) in [6, 6.07) is 13.6. The Bertz CT molecular complexity index is 1010. The largest absolute Gasteiger partial charge is 0.296 e. The first-order chi connectivity index (χ1) is 12.5. The molecule has 0 N–H and O–H groups in total. The van der Waals surface area contributed by atoms with Gasteiger partial charge in [-0.2, -0.15) is 13.1 Å². The summed E-state index contributed by atoms with van der Waals surface area (Å²) in [7, 11) is -3.55. The van der Waals surface area contributed by atoms with Crippen molar-refractivity contribution >= 4 is 45.2 Å². The number of aromatic nitrogens is 2. The quantitative estimate of drug-likeness (QED) is 0.644. The molecule has 9 heteroatoms. The summed E-state index contributed by atoms with van der Waals surface area (Å²) >= 11 is 1.04. The van der Waals surface area contributed by atoms with E-state index < -0.39 is 10.0 Å². The van der Waals surface area contributed by atoms with E-state index in [0.717, 1.165) is 31.4 Å². The van der Waals surface area contributed by atoms with Gasteiger partial charge in [0.05, 0.1) is 11.7 Å². The minimum atomic E-state index is -3.55. The lowest BCUT2D eigenvalue weighted by Gasteiger charge is -2.34. The molecule has 3 aromatic rings. The van der Waals surface area contributed by atoms with Crippen LogP contribution in [0.3, 0.4) is 0 Å². The number of rotatable bonds is 4. The third-order valence-electron chi connectivity index (χ3n) is 4.72. The Labute approximate surface area is 169 Å². The van der Waals surface area contributed by atoms with Gasteiger partial charge in [-0.25, -0.2) is 8.42 Å². The minimum absolute atomic E-state index is 0. The number of piperazine rings is 1. The van der Waals surface area contributed by atoms with Gasteiger partial charge < -0.3 is 0 Å². The van der Waals surface area contributed by atoms with E-state index in [1.165, 1.54) is 11.1 Å². The molecule has 1 saturated heterocycles. The van der Waals surface area contributed by atoms with Gasteiger partial charge >= 0.3 is 0 Å². The van der Waals surface area contributed by atoms with Crippen LogP contribution in [0, 0.1) is 6.92 Å². The van der Waals surface area contributed by atoms with Crippen LogP contribution >= 0.6 is 24.1 Å². The van der Waals surface area contributed by atoms with E-state index in [0.29, 0.717) is 24.1 Å². The summed E-state index contributed by atoms with van der Waals surface area (Å²) in [5, 5.41) is 0. The van der Waals surface area contributed by atoms with Gasteiger partial charge in [-0.05, 0) is 24.6 Å². The number of hydrogen-bond acceptors (Lipinski definition) is 6. The molecule has 0 atom stereocenters. The zero-order valence-electron chi connectivity index (χ0n) is 14.9. The number of hydrogen-bond donors (Lipinski definition) is 0. The van der Waals surface area contributed by atoms with E-state index in [9.17, 15) is 8.42 Å². The van der Waals surface area contributed by atoms with E-state index in [1.54, 1.807) is 22.5 Å². The fraction of sp³-hybridized carbons (Fsp3) is 0.333. The number of halogens is 1. The van der Waals surface area contributed by atoms with Crippen molar-refractivity contribution in [2.45, 2.75) is 18.4 Å². The first-order valence-corrected chi connectivity index (χ1v) is 10.7. The molecule has 1 aromatic heterocycles. The molecule has 0 amide bonds. The average Bonchev–Trinajstić information content (AvgIpc) is 3.13. The Morgan fingerprint density at radius 1 is 1.00 bits per heavy atom. The van der Waals surface area contributed by atoms with Crippen molar-refractivity contribution in [3.8, 4) is 0 Å². The molecular weight excluding hydrogens is 404 g/mol. The van der Waals surface area contributed by atoms with Gasteiger partial charge in [0.2, 0.25) is 10.0 Å². The smallest absolute Gasteiger partial charge is 0.245 e. The average molecular weight is 425 g/mol. The zero-order chi connectivity index (χ0) is 18.1. The van der Waals surface area contributed by atoms with Gasteiger partial charge in [0, 0.05) is 32.7 Å². The van der Waals surface area contributed by atoms with Crippen LogP contribution in [0.5, 0.6) is 0 Å². The summed E-state index contributed by atoms with van der Waals surface area (Å²) in [5.74, 6) is 0. The molecule has 0 radical (unpaired) electrons. The minimum Gasteiger partial charge on any atom is -0.296 e. The van der Waals surface area contributed by atoms with Crippen LogP contribution in [-0.2, 0) is 16.6 Å². The van der Waals surface area contributed by atoms with Crippen LogP contribution < -0.4 is 0 Å². The van der Waals surface area contributed by atoms with Gasteiger partial charge in [0.1, 0.15) is 15.9 Å². The molecule has 0 unspecified atom stereocenters. The highest BCUT2D eigenvalue weighted by molar-refractivity contribution is 7.89. The normalized spacial score (nSPS) is 16.3. The molecular formula is C18H21ClN4O2S2. The number of nitrogens with zero attached hydrogens (tertiary/aromatic N) is 4. The monoisotopic (exact) mass is 424 g/mol. The highest BCUT2D eigenvalue weighted by atomic mass is 35.5. The predicted molar refractivity (Wildman–Crippen MR) is 110 cm³/mol. The second-order valence-electron chi connectivity index (χ2n) is 6.55. The van der Waals surface area contributed by atoms with Crippen molar-refractivity contribution in [3.05, 3.63) is 53.6 Å². The van der Waals surface area contributed by atoms with E-state index in [2.05, 4.69) is 44.8 Å². The molecule has 1 aliphatic heterocycles. The van der Waals surface area contributed by atoms with E-state index >= 15 is 0 Å². The summed E-state index contributed by atoms with van der Waals surface area (Å²) < 4.78 is 36.0. The van der Waals surface area contributed by atoms with Gasteiger partial charge in [-0.1, -0.05) is 35.9 Å². The van der Waals surface area contributed by atoms with Crippen LogP contribution in [0.1, 0.15) is 11.1 Å². The Hall–Kier alpha value is -1.58. The summed E-state index contributed by atoms with van der Waals surface area (Å²) in [4.78, 5) is 2.55.